The average molecular weight is 353 g/mol. The number of rotatable bonds is 6. The van der Waals surface area contributed by atoms with Crippen LogP contribution in [0.3, 0.4) is 0 Å². The number of halogens is 2. The Bertz CT molecular complexity index is 675. The number of ether oxygens (including phenoxy) is 1. The molecule has 0 fully saturated rings. The Kier molecular flexibility index (Phi) is 6.28. The zero-order valence-corrected chi connectivity index (χ0v) is 14.2. The van der Waals surface area contributed by atoms with Gasteiger partial charge in [0.1, 0.15) is 5.75 Å². The van der Waals surface area contributed by atoms with Gasteiger partial charge in [-0.1, -0.05) is 41.4 Å². The molecule has 0 saturated heterocycles. The first kappa shape index (κ1) is 17.6. The maximum absolute atomic E-state index is 12.1. The Morgan fingerprint density at radius 1 is 1.22 bits per heavy atom. The van der Waals surface area contributed by atoms with Crippen LogP contribution in [0.4, 0.5) is 0 Å². The molecule has 0 unspecified atom stereocenters. The third kappa shape index (κ3) is 5.13. The Labute approximate surface area is 145 Å². The quantitative estimate of drug-likeness (QED) is 0.838. The molecular formula is C17H18Cl2N2O2. The maximum atomic E-state index is 12.1. The number of methoxy groups -OCH3 is 1. The lowest BCUT2D eigenvalue weighted by molar-refractivity contribution is -0.122. The van der Waals surface area contributed by atoms with Crippen LogP contribution in [0.25, 0.3) is 0 Å². The lowest BCUT2D eigenvalue weighted by Crippen LogP contribution is -2.41. The molecule has 122 valence electrons. The maximum Gasteiger partial charge on any atom is 0.237 e. The number of nitrogens with two attached hydrogens (primary N) is 1. The van der Waals surface area contributed by atoms with Crippen LogP contribution in [0.1, 0.15) is 11.1 Å². The minimum atomic E-state index is -0.674. The van der Waals surface area contributed by atoms with Crippen molar-refractivity contribution in [3.63, 3.8) is 0 Å². The number of nitrogens with one attached hydrogen (secondary N) is 1. The molecule has 0 bridgehead atoms. The summed E-state index contributed by atoms with van der Waals surface area (Å²) >= 11 is 11.9. The molecule has 6 heteroatoms. The highest BCUT2D eigenvalue weighted by atomic mass is 35.5. The summed E-state index contributed by atoms with van der Waals surface area (Å²) in [6, 6.07) is 11.9. The van der Waals surface area contributed by atoms with E-state index in [4.69, 9.17) is 33.7 Å². The summed E-state index contributed by atoms with van der Waals surface area (Å²) < 4.78 is 5.09. The predicted octanol–water partition coefficient (Wildman–Crippen LogP) is 3.19. The highest BCUT2D eigenvalue weighted by Gasteiger charge is 2.15. The van der Waals surface area contributed by atoms with Gasteiger partial charge in [-0.15, -0.1) is 0 Å². The first-order valence-electron chi connectivity index (χ1n) is 7.09. The van der Waals surface area contributed by atoms with E-state index in [1.807, 2.05) is 24.3 Å². The van der Waals surface area contributed by atoms with Crippen molar-refractivity contribution in [2.75, 3.05) is 7.11 Å². The van der Waals surface area contributed by atoms with Crippen molar-refractivity contribution < 1.29 is 9.53 Å². The molecule has 0 spiro atoms. The molecule has 4 nitrogen and oxygen atoms in total. The average Bonchev–Trinajstić information content (AvgIpc) is 2.55. The van der Waals surface area contributed by atoms with Crippen LogP contribution in [-0.4, -0.2) is 19.1 Å². The van der Waals surface area contributed by atoms with E-state index in [0.29, 0.717) is 23.0 Å². The molecule has 2 aromatic carbocycles. The Morgan fingerprint density at radius 2 is 1.91 bits per heavy atom. The van der Waals surface area contributed by atoms with Crippen molar-refractivity contribution in [1.82, 2.24) is 5.32 Å². The Hall–Kier alpha value is -1.75. The zero-order valence-electron chi connectivity index (χ0n) is 12.7. The van der Waals surface area contributed by atoms with E-state index in [0.717, 1.165) is 16.9 Å². The molecule has 1 atom stereocenters. The van der Waals surface area contributed by atoms with Gasteiger partial charge in [-0.2, -0.15) is 0 Å². The van der Waals surface area contributed by atoms with Crippen LogP contribution in [0.5, 0.6) is 5.75 Å². The van der Waals surface area contributed by atoms with Crippen molar-refractivity contribution >= 4 is 29.1 Å². The molecule has 0 heterocycles. The summed E-state index contributed by atoms with van der Waals surface area (Å²) in [5, 5.41) is 3.88. The van der Waals surface area contributed by atoms with E-state index in [2.05, 4.69) is 5.32 Å². The number of hydrogen-bond acceptors (Lipinski definition) is 3. The number of hydrogen-bond donors (Lipinski definition) is 2. The number of amides is 1. The fraction of sp³-hybridized carbons (Fsp3) is 0.235. The monoisotopic (exact) mass is 352 g/mol. The fourth-order valence-corrected chi connectivity index (χ4v) is 2.57. The highest BCUT2D eigenvalue weighted by molar-refractivity contribution is 6.35. The van der Waals surface area contributed by atoms with Gasteiger partial charge < -0.3 is 15.8 Å². The molecule has 2 rings (SSSR count). The first-order chi connectivity index (χ1) is 11.0. The van der Waals surface area contributed by atoms with Gasteiger partial charge >= 0.3 is 0 Å². The Morgan fingerprint density at radius 3 is 2.52 bits per heavy atom. The van der Waals surface area contributed by atoms with Gasteiger partial charge in [0.2, 0.25) is 5.91 Å². The van der Waals surface area contributed by atoms with E-state index < -0.39 is 6.04 Å². The Balaban J connectivity index is 1.89. The first-order valence-corrected chi connectivity index (χ1v) is 7.85. The lowest BCUT2D eigenvalue weighted by Gasteiger charge is -2.13. The van der Waals surface area contributed by atoms with E-state index in [1.165, 1.54) is 0 Å². The van der Waals surface area contributed by atoms with E-state index >= 15 is 0 Å². The van der Waals surface area contributed by atoms with Crippen LogP contribution >= 0.6 is 23.2 Å². The number of carbonyl (C=O) groups is 1. The summed E-state index contributed by atoms with van der Waals surface area (Å²) in [6.07, 6.45) is 0.352. The van der Waals surface area contributed by atoms with Crippen LogP contribution in [-0.2, 0) is 17.8 Å². The molecule has 0 radical (unpaired) electrons. The largest absolute Gasteiger partial charge is 0.497 e. The van der Waals surface area contributed by atoms with Crippen LogP contribution < -0.4 is 15.8 Å². The van der Waals surface area contributed by atoms with Crippen molar-refractivity contribution in [3.05, 3.63) is 63.6 Å². The third-order valence-electron chi connectivity index (χ3n) is 3.42. The molecule has 1 amide bonds. The number of carbonyl (C=O) groups excluding carboxylic acids is 1. The number of benzene rings is 2. The highest BCUT2D eigenvalue weighted by Crippen LogP contribution is 2.21. The van der Waals surface area contributed by atoms with Crippen LogP contribution in [0, 0.1) is 0 Å². The molecular weight excluding hydrogens is 335 g/mol. The van der Waals surface area contributed by atoms with Crippen LogP contribution in [0.15, 0.2) is 42.5 Å². The van der Waals surface area contributed by atoms with Gasteiger partial charge in [-0.05, 0) is 41.8 Å². The minimum Gasteiger partial charge on any atom is -0.497 e. The van der Waals surface area contributed by atoms with Gasteiger partial charge in [-0.3, -0.25) is 4.79 Å². The van der Waals surface area contributed by atoms with Gasteiger partial charge in [0.05, 0.1) is 13.2 Å². The smallest absolute Gasteiger partial charge is 0.237 e. The summed E-state index contributed by atoms with van der Waals surface area (Å²) in [4.78, 5) is 12.1. The lowest BCUT2D eigenvalue weighted by atomic mass is 10.1. The van der Waals surface area contributed by atoms with Crippen molar-refractivity contribution in [3.8, 4) is 5.75 Å². The van der Waals surface area contributed by atoms with E-state index in [-0.39, 0.29) is 5.91 Å². The zero-order chi connectivity index (χ0) is 16.8. The standard InChI is InChI=1S/C17H18Cl2N2O2/c1-23-14-6-2-11(3-7-14)10-21-17(22)16(20)8-12-4-5-13(18)9-15(12)19/h2-7,9,16H,8,10,20H2,1H3,(H,21,22)/t16-/m1/s1. The van der Waals surface area contributed by atoms with Crippen molar-refractivity contribution in [2.24, 2.45) is 5.73 Å². The third-order valence-corrected chi connectivity index (χ3v) is 4.00. The molecule has 3 N–H and O–H groups in total. The second-order valence-electron chi connectivity index (χ2n) is 5.11. The molecule has 23 heavy (non-hydrogen) atoms. The van der Waals surface area contributed by atoms with Crippen molar-refractivity contribution in [2.45, 2.75) is 19.0 Å². The van der Waals surface area contributed by atoms with Crippen molar-refractivity contribution in [1.29, 1.82) is 0 Å². The second kappa shape index (κ2) is 8.20. The second-order valence-corrected chi connectivity index (χ2v) is 5.96. The molecule has 2 aromatic rings. The van der Waals surface area contributed by atoms with Gasteiger partial charge in [0.25, 0.3) is 0 Å². The molecule has 0 saturated carbocycles. The van der Waals surface area contributed by atoms with Gasteiger partial charge in [-0.25, -0.2) is 0 Å². The summed E-state index contributed by atoms with van der Waals surface area (Å²) in [5.41, 5.74) is 7.71. The van der Waals surface area contributed by atoms with Crippen LogP contribution in [0.2, 0.25) is 10.0 Å². The normalized spacial score (nSPS) is 11.8. The SMILES string of the molecule is COc1ccc(CNC(=O)[C@H](N)Cc2ccc(Cl)cc2Cl)cc1. The minimum absolute atomic E-state index is 0.230. The van der Waals surface area contributed by atoms with E-state index in [9.17, 15) is 4.79 Å². The van der Waals surface area contributed by atoms with Gasteiger partial charge in [0.15, 0.2) is 0 Å². The fourth-order valence-electron chi connectivity index (χ4n) is 2.08. The molecule has 0 aliphatic heterocycles. The predicted molar refractivity (Wildman–Crippen MR) is 93.0 cm³/mol. The molecule has 0 aliphatic carbocycles. The molecule has 0 aliphatic rings. The topological polar surface area (TPSA) is 64.3 Å². The molecule has 0 aromatic heterocycles. The van der Waals surface area contributed by atoms with E-state index in [1.54, 1.807) is 25.3 Å². The summed E-state index contributed by atoms with van der Waals surface area (Å²) in [6.45, 7) is 0.408. The summed E-state index contributed by atoms with van der Waals surface area (Å²) in [5.74, 6) is 0.543. The summed E-state index contributed by atoms with van der Waals surface area (Å²) in [7, 11) is 1.61. The van der Waals surface area contributed by atoms with Gasteiger partial charge in [0, 0.05) is 16.6 Å².